The quantitative estimate of drug-likeness (QED) is 0.929. The zero-order valence-corrected chi connectivity index (χ0v) is 12.9. The number of nitrogen functional groups attached to an aromatic ring is 1. The average Bonchev–Trinajstić information content (AvgIpc) is 3.28. The van der Waals surface area contributed by atoms with Crippen LogP contribution < -0.4 is 5.73 Å². The summed E-state index contributed by atoms with van der Waals surface area (Å²) in [6, 6.07) is 8.30. The minimum atomic E-state index is 0.409. The Balaban J connectivity index is 2.10. The molecule has 0 amide bonds. The second kappa shape index (κ2) is 5.50. The maximum absolute atomic E-state index is 5.98. The van der Waals surface area contributed by atoms with Crippen LogP contribution in [-0.2, 0) is 11.3 Å². The smallest absolute Gasteiger partial charge is 0.162 e. The van der Waals surface area contributed by atoms with Crippen molar-refractivity contribution >= 4 is 21.7 Å². The Morgan fingerprint density at radius 2 is 2.05 bits per heavy atom. The van der Waals surface area contributed by atoms with Gasteiger partial charge in [0.05, 0.1) is 16.8 Å². The van der Waals surface area contributed by atoms with Gasteiger partial charge in [-0.25, -0.2) is 9.97 Å². The third-order valence-electron chi connectivity index (χ3n) is 3.45. The summed E-state index contributed by atoms with van der Waals surface area (Å²) in [5.41, 5.74) is 9.15. The van der Waals surface area contributed by atoms with Crippen LogP contribution in [0.15, 0.2) is 28.7 Å². The van der Waals surface area contributed by atoms with Crippen LogP contribution in [0.2, 0.25) is 0 Å². The van der Waals surface area contributed by atoms with E-state index in [4.69, 9.17) is 10.5 Å². The zero-order chi connectivity index (χ0) is 14.1. The largest absolute Gasteiger partial charge is 0.383 e. The first-order valence-electron chi connectivity index (χ1n) is 6.61. The molecule has 5 heteroatoms. The van der Waals surface area contributed by atoms with Crippen LogP contribution in [0.4, 0.5) is 5.82 Å². The van der Waals surface area contributed by atoms with Crippen molar-refractivity contribution in [2.45, 2.75) is 25.4 Å². The molecule has 2 aromatic rings. The van der Waals surface area contributed by atoms with Crippen molar-refractivity contribution in [2.24, 2.45) is 0 Å². The molecule has 0 spiro atoms. The number of halogens is 1. The number of nitrogens with two attached hydrogens (primary N) is 1. The first-order chi connectivity index (χ1) is 9.70. The number of hydrogen-bond donors (Lipinski definition) is 1. The van der Waals surface area contributed by atoms with Gasteiger partial charge in [0.15, 0.2) is 5.82 Å². The monoisotopic (exact) mass is 333 g/mol. The lowest BCUT2D eigenvalue weighted by atomic mass is 10.0. The number of ether oxygens (including phenoxy) is 1. The van der Waals surface area contributed by atoms with Crippen LogP contribution in [0.5, 0.6) is 0 Å². The standard InChI is InChI=1S/C15H16BrN3O/c1-20-8-12-13(16)14(17)19-15(18-12)11-5-3-2-4-10(11)9-6-7-9/h2-5,9H,6-8H2,1H3,(H2,17,18,19). The second-order valence-corrected chi connectivity index (χ2v) is 5.78. The average molecular weight is 334 g/mol. The maximum Gasteiger partial charge on any atom is 0.162 e. The Bertz CT molecular complexity index is 641. The highest BCUT2D eigenvalue weighted by Crippen LogP contribution is 2.44. The van der Waals surface area contributed by atoms with Crippen molar-refractivity contribution in [3.8, 4) is 11.4 Å². The van der Waals surface area contributed by atoms with Gasteiger partial charge in [-0.2, -0.15) is 0 Å². The Hall–Kier alpha value is -1.46. The summed E-state index contributed by atoms with van der Waals surface area (Å²) in [5, 5.41) is 0. The molecule has 1 aromatic heterocycles. The van der Waals surface area contributed by atoms with Crippen LogP contribution in [0.3, 0.4) is 0 Å². The molecule has 1 saturated carbocycles. The Morgan fingerprint density at radius 3 is 2.75 bits per heavy atom. The topological polar surface area (TPSA) is 61.0 Å². The first kappa shape index (κ1) is 13.5. The van der Waals surface area contributed by atoms with Gasteiger partial charge < -0.3 is 10.5 Å². The number of hydrogen-bond acceptors (Lipinski definition) is 4. The molecule has 1 aliphatic rings. The van der Waals surface area contributed by atoms with Gasteiger partial charge in [0.25, 0.3) is 0 Å². The number of rotatable bonds is 4. The summed E-state index contributed by atoms with van der Waals surface area (Å²) in [7, 11) is 1.64. The van der Waals surface area contributed by atoms with Crippen molar-refractivity contribution in [3.05, 3.63) is 40.0 Å². The molecule has 4 nitrogen and oxygen atoms in total. The first-order valence-corrected chi connectivity index (χ1v) is 7.40. The fraction of sp³-hybridized carbons (Fsp3) is 0.333. The third kappa shape index (κ3) is 2.55. The third-order valence-corrected chi connectivity index (χ3v) is 4.31. The fourth-order valence-electron chi connectivity index (χ4n) is 2.32. The lowest BCUT2D eigenvalue weighted by molar-refractivity contribution is 0.181. The van der Waals surface area contributed by atoms with Gasteiger partial charge in [0.1, 0.15) is 5.82 Å². The molecule has 3 rings (SSSR count). The van der Waals surface area contributed by atoms with Crippen LogP contribution in [0.1, 0.15) is 30.0 Å². The normalized spacial score (nSPS) is 14.5. The van der Waals surface area contributed by atoms with Crippen LogP contribution in [0.25, 0.3) is 11.4 Å². The highest BCUT2D eigenvalue weighted by molar-refractivity contribution is 9.10. The van der Waals surface area contributed by atoms with E-state index < -0.39 is 0 Å². The molecule has 2 N–H and O–H groups in total. The van der Waals surface area contributed by atoms with Crippen molar-refractivity contribution in [3.63, 3.8) is 0 Å². The fourth-order valence-corrected chi connectivity index (χ4v) is 2.61. The van der Waals surface area contributed by atoms with Crippen LogP contribution in [0, 0.1) is 0 Å². The summed E-state index contributed by atoms with van der Waals surface area (Å²) in [4.78, 5) is 9.02. The van der Waals surface area contributed by atoms with Gasteiger partial charge in [-0.15, -0.1) is 0 Å². The predicted octanol–water partition coefficient (Wildman–Crippen LogP) is 3.51. The van der Waals surface area contributed by atoms with Gasteiger partial charge in [-0.1, -0.05) is 24.3 Å². The van der Waals surface area contributed by atoms with E-state index in [9.17, 15) is 0 Å². The lowest BCUT2D eigenvalue weighted by Crippen LogP contribution is -2.04. The van der Waals surface area contributed by atoms with E-state index in [0.717, 1.165) is 11.3 Å². The Labute approximate surface area is 126 Å². The molecular formula is C15H16BrN3O. The molecule has 1 fully saturated rings. The number of aromatic nitrogens is 2. The minimum Gasteiger partial charge on any atom is -0.383 e. The molecule has 1 heterocycles. The van der Waals surface area contributed by atoms with E-state index in [0.29, 0.717) is 28.6 Å². The lowest BCUT2D eigenvalue weighted by Gasteiger charge is -2.11. The Kier molecular flexibility index (Phi) is 3.72. The molecule has 20 heavy (non-hydrogen) atoms. The highest BCUT2D eigenvalue weighted by atomic mass is 79.9. The van der Waals surface area contributed by atoms with E-state index in [1.54, 1.807) is 7.11 Å². The molecule has 1 aliphatic carbocycles. The van der Waals surface area contributed by atoms with Gasteiger partial charge in [0.2, 0.25) is 0 Å². The molecule has 0 bridgehead atoms. The van der Waals surface area contributed by atoms with E-state index in [1.807, 2.05) is 6.07 Å². The molecule has 0 unspecified atom stereocenters. The molecule has 104 valence electrons. The molecule has 0 radical (unpaired) electrons. The number of methoxy groups -OCH3 is 1. The molecule has 0 saturated heterocycles. The van der Waals surface area contributed by atoms with Crippen LogP contribution >= 0.6 is 15.9 Å². The molecule has 1 aromatic carbocycles. The SMILES string of the molecule is COCc1nc(-c2ccccc2C2CC2)nc(N)c1Br. The second-order valence-electron chi connectivity index (χ2n) is 4.99. The number of anilines is 1. The Morgan fingerprint density at radius 1 is 1.30 bits per heavy atom. The van der Waals surface area contributed by atoms with E-state index in [2.05, 4.69) is 44.1 Å². The minimum absolute atomic E-state index is 0.409. The highest BCUT2D eigenvalue weighted by Gasteiger charge is 2.27. The van der Waals surface area contributed by atoms with E-state index >= 15 is 0 Å². The molecule has 0 aliphatic heterocycles. The van der Waals surface area contributed by atoms with Gasteiger partial charge in [-0.3, -0.25) is 0 Å². The van der Waals surface area contributed by atoms with E-state index in [1.165, 1.54) is 18.4 Å². The summed E-state index contributed by atoms with van der Waals surface area (Å²) in [6.07, 6.45) is 2.49. The van der Waals surface area contributed by atoms with Crippen molar-refractivity contribution in [2.75, 3.05) is 12.8 Å². The van der Waals surface area contributed by atoms with Crippen LogP contribution in [-0.4, -0.2) is 17.1 Å². The molecular weight excluding hydrogens is 318 g/mol. The zero-order valence-electron chi connectivity index (χ0n) is 11.3. The van der Waals surface area contributed by atoms with Crippen molar-refractivity contribution in [1.82, 2.24) is 9.97 Å². The van der Waals surface area contributed by atoms with Gasteiger partial charge in [0, 0.05) is 12.7 Å². The van der Waals surface area contributed by atoms with E-state index in [-0.39, 0.29) is 0 Å². The summed E-state index contributed by atoms with van der Waals surface area (Å²) in [5.74, 6) is 1.78. The van der Waals surface area contributed by atoms with Gasteiger partial charge >= 0.3 is 0 Å². The summed E-state index contributed by atoms with van der Waals surface area (Å²) in [6.45, 7) is 0.409. The number of nitrogens with zero attached hydrogens (tertiary/aromatic N) is 2. The van der Waals surface area contributed by atoms with Gasteiger partial charge in [-0.05, 0) is 40.3 Å². The predicted molar refractivity (Wildman–Crippen MR) is 82.3 cm³/mol. The number of benzene rings is 1. The maximum atomic E-state index is 5.98. The summed E-state index contributed by atoms with van der Waals surface area (Å²) < 4.78 is 5.88. The van der Waals surface area contributed by atoms with Crippen molar-refractivity contribution in [1.29, 1.82) is 0 Å². The summed E-state index contributed by atoms with van der Waals surface area (Å²) >= 11 is 3.42. The van der Waals surface area contributed by atoms with Crippen molar-refractivity contribution < 1.29 is 4.74 Å². The molecule has 0 atom stereocenters.